The first-order chi connectivity index (χ1) is 12.4. The number of carbonyl (C=O) groups is 1. The van der Waals surface area contributed by atoms with Crippen LogP contribution in [0.4, 0.5) is 5.69 Å². The zero-order valence-corrected chi connectivity index (χ0v) is 15.7. The van der Waals surface area contributed by atoms with E-state index in [1.807, 2.05) is 11.9 Å². The molecule has 0 aliphatic carbocycles. The van der Waals surface area contributed by atoms with Gasteiger partial charge in [0.1, 0.15) is 4.90 Å². The maximum Gasteiger partial charge on any atom is 0.335 e. The van der Waals surface area contributed by atoms with Crippen molar-refractivity contribution in [2.75, 3.05) is 51.3 Å². The molecule has 1 aromatic rings. The fraction of sp³-hybridized carbons (Fsp3) is 0.588. The SMILES string of the molecule is CN1CCN(c2ccc(C(=O)O)cc2S(=O)(=O)NCC2CCCO2)CC1. The Bertz CT molecular complexity index is 754. The van der Waals surface area contributed by atoms with Crippen molar-refractivity contribution >= 4 is 21.7 Å². The monoisotopic (exact) mass is 383 g/mol. The minimum absolute atomic E-state index is 0.0138. The summed E-state index contributed by atoms with van der Waals surface area (Å²) in [5.74, 6) is -1.15. The molecule has 1 aromatic carbocycles. The van der Waals surface area contributed by atoms with Gasteiger partial charge in [-0.05, 0) is 38.1 Å². The summed E-state index contributed by atoms with van der Waals surface area (Å²) >= 11 is 0. The van der Waals surface area contributed by atoms with E-state index >= 15 is 0 Å². The summed E-state index contributed by atoms with van der Waals surface area (Å²) in [6, 6.07) is 4.29. The second-order valence-corrected chi connectivity index (χ2v) is 8.50. The number of piperazine rings is 1. The lowest BCUT2D eigenvalue weighted by atomic mass is 10.2. The van der Waals surface area contributed by atoms with Crippen molar-refractivity contribution in [2.24, 2.45) is 0 Å². The summed E-state index contributed by atoms with van der Waals surface area (Å²) in [4.78, 5) is 15.5. The third-order valence-corrected chi connectivity index (χ3v) is 6.32. The normalized spacial score (nSPS) is 21.9. The van der Waals surface area contributed by atoms with Crippen LogP contribution < -0.4 is 9.62 Å². The second-order valence-electron chi connectivity index (χ2n) is 6.76. The molecule has 0 amide bonds. The van der Waals surface area contributed by atoms with Crippen LogP contribution in [0.5, 0.6) is 0 Å². The number of anilines is 1. The summed E-state index contributed by atoms with van der Waals surface area (Å²) in [6.45, 7) is 3.87. The fourth-order valence-electron chi connectivity index (χ4n) is 3.26. The zero-order chi connectivity index (χ0) is 18.7. The Hall–Kier alpha value is -1.68. The highest BCUT2D eigenvalue weighted by atomic mass is 32.2. The Morgan fingerprint density at radius 2 is 2.04 bits per heavy atom. The first-order valence-corrected chi connectivity index (χ1v) is 10.3. The first-order valence-electron chi connectivity index (χ1n) is 8.79. The van der Waals surface area contributed by atoms with Gasteiger partial charge in [0.15, 0.2) is 0 Å². The van der Waals surface area contributed by atoms with Crippen LogP contribution in [0.3, 0.4) is 0 Å². The predicted octanol–water partition coefficient (Wildman–Crippen LogP) is 0.594. The highest BCUT2D eigenvalue weighted by molar-refractivity contribution is 7.89. The van der Waals surface area contributed by atoms with Crippen molar-refractivity contribution < 1.29 is 23.1 Å². The molecule has 1 atom stereocenters. The number of carboxylic acid groups (broad SMARTS) is 1. The lowest BCUT2D eigenvalue weighted by Gasteiger charge is -2.35. The second kappa shape index (κ2) is 7.91. The molecule has 2 aliphatic rings. The number of likely N-dealkylation sites (N-methyl/N-ethyl adjacent to an activating group) is 1. The maximum absolute atomic E-state index is 12.9. The number of hydrogen-bond acceptors (Lipinski definition) is 6. The number of hydrogen-bond donors (Lipinski definition) is 2. The standard InChI is InChI=1S/C17H25N3O5S/c1-19-6-8-20(9-7-19)15-5-4-13(17(21)22)11-16(15)26(23,24)18-12-14-3-2-10-25-14/h4-5,11,14,18H,2-3,6-10,12H2,1H3,(H,21,22). The van der Waals surface area contributed by atoms with Crippen molar-refractivity contribution in [3.05, 3.63) is 23.8 Å². The van der Waals surface area contributed by atoms with Gasteiger partial charge in [0, 0.05) is 39.3 Å². The van der Waals surface area contributed by atoms with E-state index in [4.69, 9.17) is 4.74 Å². The van der Waals surface area contributed by atoms with Gasteiger partial charge >= 0.3 is 5.97 Å². The summed E-state index contributed by atoms with van der Waals surface area (Å²) in [7, 11) is -1.83. The Morgan fingerprint density at radius 1 is 1.31 bits per heavy atom. The van der Waals surface area contributed by atoms with Crippen LogP contribution in [0.1, 0.15) is 23.2 Å². The van der Waals surface area contributed by atoms with Gasteiger partial charge in [-0.25, -0.2) is 17.9 Å². The minimum Gasteiger partial charge on any atom is -0.478 e. The molecule has 144 valence electrons. The number of nitrogens with one attached hydrogen (secondary N) is 1. The Balaban J connectivity index is 1.88. The Labute approximate surface area is 153 Å². The molecule has 2 heterocycles. The van der Waals surface area contributed by atoms with Gasteiger partial charge in [0.25, 0.3) is 0 Å². The topological polar surface area (TPSA) is 99.2 Å². The van der Waals surface area contributed by atoms with Gasteiger partial charge < -0.3 is 19.6 Å². The highest BCUT2D eigenvalue weighted by Gasteiger charge is 2.27. The van der Waals surface area contributed by atoms with E-state index in [-0.39, 0.29) is 23.1 Å². The quantitative estimate of drug-likeness (QED) is 0.742. The largest absolute Gasteiger partial charge is 0.478 e. The van der Waals surface area contributed by atoms with Crippen LogP contribution in [0.25, 0.3) is 0 Å². The Kier molecular flexibility index (Phi) is 5.81. The first kappa shape index (κ1) is 19.1. The number of ether oxygens (including phenoxy) is 1. The molecule has 26 heavy (non-hydrogen) atoms. The molecule has 1 unspecified atom stereocenters. The Morgan fingerprint density at radius 3 is 2.65 bits per heavy atom. The summed E-state index contributed by atoms with van der Waals surface area (Å²) < 4.78 is 33.8. The van der Waals surface area contributed by atoms with E-state index in [9.17, 15) is 18.3 Å². The van der Waals surface area contributed by atoms with Crippen LogP contribution in [-0.2, 0) is 14.8 Å². The van der Waals surface area contributed by atoms with E-state index in [1.54, 1.807) is 6.07 Å². The molecule has 0 saturated carbocycles. The molecule has 8 nitrogen and oxygen atoms in total. The van der Waals surface area contributed by atoms with Gasteiger partial charge in [-0.15, -0.1) is 0 Å². The summed E-state index contributed by atoms with van der Waals surface area (Å²) in [5.41, 5.74) is 0.503. The van der Waals surface area contributed by atoms with Crippen molar-refractivity contribution in [2.45, 2.75) is 23.8 Å². The molecule has 0 bridgehead atoms. The zero-order valence-electron chi connectivity index (χ0n) is 14.8. The lowest BCUT2D eigenvalue weighted by Crippen LogP contribution is -2.45. The number of benzene rings is 1. The van der Waals surface area contributed by atoms with Gasteiger partial charge in [-0.2, -0.15) is 0 Å². The number of sulfonamides is 1. The number of nitrogens with zero attached hydrogens (tertiary/aromatic N) is 2. The molecule has 2 fully saturated rings. The molecule has 2 N–H and O–H groups in total. The van der Waals surface area contributed by atoms with E-state index in [0.29, 0.717) is 25.4 Å². The summed E-state index contributed by atoms with van der Waals surface area (Å²) in [6.07, 6.45) is 1.62. The molecule has 9 heteroatoms. The number of aromatic carboxylic acids is 1. The van der Waals surface area contributed by atoms with E-state index < -0.39 is 16.0 Å². The van der Waals surface area contributed by atoms with Crippen molar-refractivity contribution in [1.82, 2.24) is 9.62 Å². The average Bonchev–Trinajstić information content (AvgIpc) is 3.14. The van der Waals surface area contributed by atoms with Crippen molar-refractivity contribution in [3.63, 3.8) is 0 Å². The number of rotatable bonds is 6. The van der Waals surface area contributed by atoms with Crippen molar-refractivity contribution in [1.29, 1.82) is 0 Å². The highest BCUT2D eigenvalue weighted by Crippen LogP contribution is 2.28. The maximum atomic E-state index is 12.9. The molecule has 0 aromatic heterocycles. The molecular weight excluding hydrogens is 358 g/mol. The van der Waals surface area contributed by atoms with Crippen LogP contribution in [0.15, 0.2) is 23.1 Å². The number of carboxylic acids is 1. The van der Waals surface area contributed by atoms with Gasteiger partial charge in [-0.1, -0.05) is 0 Å². The summed E-state index contributed by atoms with van der Waals surface area (Å²) in [5, 5.41) is 9.26. The molecule has 2 saturated heterocycles. The van der Waals surface area contributed by atoms with E-state index in [0.717, 1.165) is 25.9 Å². The average molecular weight is 383 g/mol. The minimum atomic E-state index is -3.85. The van der Waals surface area contributed by atoms with Gasteiger partial charge in [-0.3, -0.25) is 0 Å². The van der Waals surface area contributed by atoms with Crippen LogP contribution in [-0.4, -0.2) is 76.9 Å². The molecular formula is C17H25N3O5S. The third kappa shape index (κ3) is 4.35. The van der Waals surface area contributed by atoms with Gasteiger partial charge in [0.2, 0.25) is 10.0 Å². The molecule has 3 rings (SSSR count). The smallest absolute Gasteiger partial charge is 0.335 e. The third-order valence-electron chi connectivity index (χ3n) is 4.87. The van der Waals surface area contributed by atoms with Crippen LogP contribution in [0.2, 0.25) is 0 Å². The van der Waals surface area contributed by atoms with Crippen LogP contribution in [0, 0.1) is 0 Å². The van der Waals surface area contributed by atoms with E-state index in [1.165, 1.54) is 12.1 Å². The van der Waals surface area contributed by atoms with E-state index in [2.05, 4.69) is 9.62 Å². The molecule has 2 aliphatic heterocycles. The molecule has 0 spiro atoms. The van der Waals surface area contributed by atoms with Crippen LogP contribution >= 0.6 is 0 Å². The van der Waals surface area contributed by atoms with Crippen molar-refractivity contribution in [3.8, 4) is 0 Å². The van der Waals surface area contributed by atoms with Gasteiger partial charge in [0.05, 0.1) is 17.4 Å². The lowest BCUT2D eigenvalue weighted by molar-refractivity contribution is 0.0696. The molecule has 0 radical (unpaired) electrons. The predicted molar refractivity (Wildman–Crippen MR) is 97.3 cm³/mol. The fourth-order valence-corrected chi connectivity index (χ4v) is 4.57.